The summed E-state index contributed by atoms with van der Waals surface area (Å²) in [6.45, 7) is 0. The van der Waals surface area contributed by atoms with E-state index < -0.39 is 4.92 Å². The summed E-state index contributed by atoms with van der Waals surface area (Å²) in [6, 6.07) is 12.8. The minimum atomic E-state index is -0.449. The zero-order valence-electron chi connectivity index (χ0n) is 11.6. The van der Waals surface area contributed by atoms with E-state index in [0.717, 1.165) is 5.56 Å². The molecule has 0 spiro atoms. The molecule has 114 valence electrons. The van der Waals surface area contributed by atoms with Gasteiger partial charge in [0.25, 0.3) is 0 Å². The van der Waals surface area contributed by atoms with Crippen LogP contribution in [0.3, 0.4) is 0 Å². The van der Waals surface area contributed by atoms with Gasteiger partial charge in [-0.25, -0.2) is 0 Å². The van der Waals surface area contributed by atoms with E-state index in [9.17, 15) is 14.9 Å². The Morgan fingerprint density at radius 3 is 2.35 bits per heavy atom. The fourth-order valence-electron chi connectivity index (χ4n) is 1.99. The van der Waals surface area contributed by atoms with Crippen LogP contribution in [0.1, 0.15) is 14.9 Å². The van der Waals surface area contributed by atoms with Crippen molar-refractivity contribution in [2.45, 2.75) is 0 Å². The van der Waals surface area contributed by atoms with Crippen LogP contribution in [0.5, 0.6) is 0 Å². The average molecular weight is 392 g/mol. The van der Waals surface area contributed by atoms with Gasteiger partial charge in [-0.3, -0.25) is 0 Å². The van der Waals surface area contributed by atoms with Gasteiger partial charge in [0.15, 0.2) is 0 Å². The molecule has 3 aromatic rings. The van der Waals surface area contributed by atoms with Crippen molar-refractivity contribution in [3.05, 3.63) is 78.7 Å². The first-order valence-electron chi connectivity index (χ1n) is 6.55. The van der Waals surface area contributed by atoms with Crippen molar-refractivity contribution < 1.29 is 9.72 Å². The van der Waals surface area contributed by atoms with Gasteiger partial charge in [0, 0.05) is 0 Å². The summed E-state index contributed by atoms with van der Waals surface area (Å²) >= 11 is 5.66. The Morgan fingerprint density at radius 1 is 1.09 bits per heavy atom. The molecule has 3 rings (SSSR count). The van der Waals surface area contributed by atoms with Gasteiger partial charge in [-0.05, 0) is 0 Å². The number of non-ortho nitro benzene ring substituents is 1. The van der Waals surface area contributed by atoms with Crippen molar-refractivity contribution in [2.24, 2.45) is 0 Å². The first kappa shape index (κ1) is 15.6. The Labute approximate surface area is 142 Å². The standard InChI is InChI=1S/C16H9ClN2O3Se/c17-12-5-1-11(2-6-12)15(20)16-18-14(9-23-16)10-3-7-13(8-4-10)19(21)22/h1-9H. The maximum absolute atomic E-state index is 12.4. The van der Waals surface area contributed by atoms with E-state index in [2.05, 4.69) is 4.98 Å². The van der Waals surface area contributed by atoms with Gasteiger partial charge in [-0.15, -0.1) is 0 Å². The van der Waals surface area contributed by atoms with Crippen LogP contribution < -0.4 is 0 Å². The molecule has 0 radical (unpaired) electrons. The van der Waals surface area contributed by atoms with Crippen molar-refractivity contribution in [1.29, 1.82) is 0 Å². The average Bonchev–Trinajstić information content (AvgIpc) is 3.05. The summed E-state index contributed by atoms with van der Waals surface area (Å²) in [5, 5.41) is 11.2. The molecule has 1 aromatic heterocycles. The van der Waals surface area contributed by atoms with Crippen molar-refractivity contribution in [3.63, 3.8) is 0 Å². The van der Waals surface area contributed by atoms with E-state index in [1.807, 2.05) is 4.94 Å². The van der Waals surface area contributed by atoms with Crippen LogP contribution in [-0.2, 0) is 0 Å². The predicted octanol–water partition coefficient (Wildman–Crippen LogP) is 3.60. The summed E-state index contributed by atoms with van der Waals surface area (Å²) in [5.74, 6) is -0.116. The van der Waals surface area contributed by atoms with Crippen LogP contribution in [0.15, 0.2) is 53.5 Å². The predicted molar refractivity (Wildman–Crippen MR) is 88.2 cm³/mol. The van der Waals surface area contributed by atoms with Gasteiger partial charge in [-0.1, -0.05) is 0 Å². The van der Waals surface area contributed by atoms with Crippen LogP contribution in [-0.4, -0.2) is 30.2 Å². The third-order valence-electron chi connectivity index (χ3n) is 3.18. The minimum absolute atomic E-state index is 0.0271. The number of rotatable bonds is 4. The van der Waals surface area contributed by atoms with Crippen LogP contribution in [0.2, 0.25) is 5.02 Å². The molecule has 1 heterocycles. The number of hydrogen-bond donors (Lipinski definition) is 0. The second kappa shape index (κ2) is 6.46. The molecule has 0 fully saturated rings. The number of aromatic nitrogens is 1. The number of hydrogen-bond acceptors (Lipinski definition) is 4. The van der Waals surface area contributed by atoms with Crippen molar-refractivity contribution >= 4 is 37.6 Å². The molecule has 2 aromatic carbocycles. The van der Waals surface area contributed by atoms with E-state index in [0.29, 0.717) is 20.8 Å². The first-order chi connectivity index (χ1) is 11.0. The Hall–Kier alpha value is -2.27. The molecule has 0 aliphatic rings. The second-order valence-electron chi connectivity index (χ2n) is 4.68. The fourth-order valence-corrected chi connectivity index (χ4v) is 3.77. The van der Waals surface area contributed by atoms with Gasteiger partial charge >= 0.3 is 142 Å². The van der Waals surface area contributed by atoms with E-state index in [1.165, 1.54) is 12.1 Å². The van der Waals surface area contributed by atoms with Gasteiger partial charge < -0.3 is 0 Å². The third-order valence-corrected chi connectivity index (χ3v) is 5.20. The summed E-state index contributed by atoms with van der Waals surface area (Å²) < 4.78 is 0.508. The summed E-state index contributed by atoms with van der Waals surface area (Å²) in [7, 11) is 0. The number of nitrogens with zero attached hydrogens (tertiary/aromatic N) is 2. The molecule has 5 nitrogen and oxygen atoms in total. The Kier molecular flexibility index (Phi) is 4.39. The summed E-state index contributed by atoms with van der Waals surface area (Å²) in [4.78, 5) is 28.9. The normalized spacial score (nSPS) is 10.5. The van der Waals surface area contributed by atoms with Crippen LogP contribution in [0.25, 0.3) is 11.3 Å². The van der Waals surface area contributed by atoms with Gasteiger partial charge in [0.1, 0.15) is 0 Å². The molecule has 0 amide bonds. The number of nitro groups is 1. The molecule has 0 saturated heterocycles. The topological polar surface area (TPSA) is 73.1 Å². The molecule has 0 unspecified atom stereocenters. The molecule has 0 bridgehead atoms. The quantitative estimate of drug-likeness (QED) is 0.295. The first-order valence-corrected chi connectivity index (χ1v) is 8.77. The summed E-state index contributed by atoms with van der Waals surface area (Å²) in [6.07, 6.45) is 0. The molecular weight excluding hydrogens is 383 g/mol. The number of nitro benzene ring substituents is 1. The number of halogens is 1. The van der Waals surface area contributed by atoms with Crippen LogP contribution in [0, 0.1) is 10.1 Å². The number of carbonyl (C=O) groups is 1. The molecular formula is C16H9ClN2O3Se. The van der Waals surface area contributed by atoms with Gasteiger partial charge in [-0.2, -0.15) is 0 Å². The molecule has 0 N–H and O–H groups in total. The van der Waals surface area contributed by atoms with Crippen LogP contribution >= 0.6 is 11.6 Å². The van der Waals surface area contributed by atoms with Gasteiger partial charge in [0.2, 0.25) is 0 Å². The second-order valence-corrected chi connectivity index (χ2v) is 6.91. The molecule has 0 atom stereocenters. The zero-order valence-corrected chi connectivity index (χ0v) is 14.1. The number of carbonyl (C=O) groups excluding carboxylic acids is 1. The third kappa shape index (κ3) is 3.40. The molecule has 7 heteroatoms. The zero-order chi connectivity index (χ0) is 16.4. The Morgan fingerprint density at radius 2 is 1.74 bits per heavy atom. The Bertz CT molecular complexity index is 873. The molecule has 0 saturated carbocycles. The van der Waals surface area contributed by atoms with Crippen molar-refractivity contribution in [2.75, 3.05) is 0 Å². The van der Waals surface area contributed by atoms with Crippen molar-refractivity contribution in [3.8, 4) is 11.3 Å². The van der Waals surface area contributed by atoms with Crippen LogP contribution in [0.4, 0.5) is 5.69 Å². The Balaban J connectivity index is 1.86. The molecule has 0 aliphatic carbocycles. The fraction of sp³-hybridized carbons (Fsp3) is 0. The summed E-state index contributed by atoms with van der Waals surface area (Å²) in [5.41, 5.74) is 2.02. The monoisotopic (exact) mass is 392 g/mol. The van der Waals surface area contributed by atoms with E-state index in [-0.39, 0.29) is 26.0 Å². The number of ketones is 1. The SMILES string of the molecule is O=C(c1ccc(Cl)cc1)c1nc(-c2ccc([N+](=O)[O-])cc2)c[se]1. The molecule has 0 aliphatic heterocycles. The number of benzene rings is 2. The van der Waals surface area contributed by atoms with E-state index >= 15 is 0 Å². The maximum atomic E-state index is 12.4. The molecule has 23 heavy (non-hydrogen) atoms. The van der Waals surface area contributed by atoms with Crippen molar-refractivity contribution in [1.82, 2.24) is 4.98 Å². The van der Waals surface area contributed by atoms with E-state index in [4.69, 9.17) is 11.6 Å². The van der Waals surface area contributed by atoms with Gasteiger partial charge in [0.05, 0.1) is 0 Å². The van der Waals surface area contributed by atoms with E-state index in [1.54, 1.807) is 36.4 Å².